The summed E-state index contributed by atoms with van der Waals surface area (Å²) in [6.07, 6.45) is 0. The quantitative estimate of drug-likeness (QED) is 0.864. The third-order valence-electron chi connectivity index (χ3n) is 2.16. The molecule has 0 radical (unpaired) electrons. The van der Waals surface area contributed by atoms with E-state index >= 15 is 0 Å². The van der Waals surface area contributed by atoms with Crippen molar-refractivity contribution in [3.8, 4) is 11.4 Å². The first kappa shape index (κ1) is 12.1. The SMILES string of the molecule is Cc1nc(-c2cc(Cl)cc(Cl)c2)nc(N)c1F. The van der Waals surface area contributed by atoms with Crippen LogP contribution in [-0.2, 0) is 0 Å². The third kappa shape index (κ3) is 2.48. The lowest BCUT2D eigenvalue weighted by Crippen LogP contribution is -2.02. The Kier molecular flexibility index (Phi) is 3.17. The lowest BCUT2D eigenvalue weighted by atomic mass is 10.2. The van der Waals surface area contributed by atoms with E-state index in [1.807, 2.05) is 0 Å². The highest BCUT2D eigenvalue weighted by Gasteiger charge is 2.11. The van der Waals surface area contributed by atoms with Crippen LogP contribution in [0, 0.1) is 12.7 Å². The van der Waals surface area contributed by atoms with Gasteiger partial charge in [0.2, 0.25) is 0 Å². The largest absolute Gasteiger partial charge is 0.381 e. The van der Waals surface area contributed by atoms with Crippen LogP contribution in [0.3, 0.4) is 0 Å². The molecule has 0 bridgehead atoms. The van der Waals surface area contributed by atoms with E-state index in [0.717, 1.165) is 0 Å². The van der Waals surface area contributed by atoms with Crippen molar-refractivity contribution in [1.29, 1.82) is 0 Å². The molecule has 2 N–H and O–H groups in total. The second kappa shape index (κ2) is 4.47. The molecule has 0 aliphatic rings. The number of nitrogen functional groups attached to an aromatic ring is 1. The van der Waals surface area contributed by atoms with E-state index in [0.29, 0.717) is 21.4 Å². The van der Waals surface area contributed by atoms with E-state index in [1.165, 1.54) is 6.92 Å². The van der Waals surface area contributed by atoms with Gasteiger partial charge in [0.05, 0.1) is 5.69 Å². The molecule has 0 atom stereocenters. The minimum absolute atomic E-state index is 0.184. The van der Waals surface area contributed by atoms with Crippen molar-refractivity contribution in [3.05, 3.63) is 39.8 Å². The molecular weight excluding hydrogens is 264 g/mol. The zero-order chi connectivity index (χ0) is 12.6. The second-order valence-corrected chi connectivity index (χ2v) is 4.36. The molecule has 0 aliphatic carbocycles. The fraction of sp³-hybridized carbons (Fsp3) is 0.0909. The van der Waals surface area contributed by atoms with Crippen molar-refractivity contribution in [1.82, 2.24) is 9.97 Å². The highest BCUT2D eigenvalue weighted by Crippen LogP contribution is 2.26. The molecule has 1 aromatic carbocycles. The van der Waals surface area contributed by atoms with Gasteiger partial charge in [-0.2, -0.15) is 0 Å². The molecule has 0 saturated carbocycles. The molecule has 1 heterocycles. The Morgan fingerprint density at radius 2 is 1.71 bits per heavy atom. The lowest BCUT2D eigenvalue weighted by molar-refractivity contribution is 0.608. The zero-order valence-electron chi connectivity index (χ0n) is 8.84. The molecule has 0 fully saturated rings. The number of anilines is 1. The summed E-state index contributed by atoms with van der Waals surface area (Å²) in [4.78, 5) is 7.86. The number of benzene rings is 1. The average Bonchev–Trinajstić information content (AvgIpc) is 2.23. The summed E-state index contributed by atoms with van der Waals surface area (Å²) in [6, 6.07) is 4.87. The van der Waals surface area contributed by atoms with Gasteiger partial charge in [-0.15, -0.1) is 0 Å². The van der Waals surface area contributed by atoms with E-state index in [2.05, 4.69) is 9.97 Å². The van der Waals surface area contributed by atoms with Crippen LogP contribution in [0.5, 0.6) is 0 Å². The van der Waals surface area contributed by atoms with E-state index in [9.17, 15) is 4.39 Å². The first-order valence-corrected chi connectivity index (χ1v) is 5.49. The summed E-state index contributed by atoms with van der Waals surface area (Å²) in [6.45, 7) is 1.52. The predicted molar refractivity (Wildman–Crippen MR) is 66.6 cm³/mol. The number of nitrogens with two attached hydrogens (primary N) is 1. The number of halogens is 3. The van der Waals surface area contributed by atoms with Gasteiger partial charge < -0.3 is 5.73 Å². The third-order valence-corrected chi connectivity index (χ3v) is 2.60. The summed E-state index contributed by atoms with van der Waals surface area (Å²) in [5, 5.41) is 0.910. The standard InChI is InChI=1S/C11H8Cl2FN3/c1-5-9(14)10(15)17-11(16-5)6-2-7(12)4-8(13)3-6/h2-4H,1H3,(H2,15,16,17). The molecule has 3 nitrogen and oxygen atoms in total. The smallest absolute Gasteiger partial charge is 0.186 e. The molecule has 0 amide bonds. The Bertz CT molecular complexity index is 544. The molecule has 6 heteroatoms. The molecule has 0 aliphatic heterocycles. The summed E-state index contributed by atoms with van der Waals surface area (Å²) in [5.41, 5.74) is 6.22. The van der Waals surface area contributed by atoms with Crippen LogP contribution >= 0.6 is 23.2 Å². The molecule has 2 aromatic rings. The van der Waals surface area contributed by atoms with Gasteiger partial charge in [0.15, 0.2) is 17.5 Å². The van der Waals surface area contributed by atoms with Gasteiger partial charge in [-0.1, -0.05) is 23.2 Å². The zero-order valence-corrected chi connectivity index (χ0v) is 10.3. The van der Waals surface area contributed by atoms with Gasteiger partial charge in [0, 0.05) is 15.6 Å². The van der Waals surface area contributed by atoms with E-state index in [4.69, 9.17) is 28.9 Å². The van der Waals surface area contributed by atoms with Gasteiger partial charge in [-0.05, 0) is 25.1 Å². The number of hydrogen-bond donors (Lipinski definition) is 1. The van der Waals surface area contributed by atoms with E-state index in [1.54, 1.807) is 18.2 Å². The van der Waals surface area contributed by atoms with Crippen molar-refractivity contribution >= 4 is 29.0 Å². The average molecular weight is 272 g/mol. The van der Waals surface area contributed by atoms with Crippen molar-refractivity contribution in [3.63, 3.8) is 0 Å². The first-order chi connectivity index (χ1) is 7.97. The van der Waals surface area contributed by atoms with Gasteiger partial charge in [0.1, 0.15) is 0 Å². The first-order valence-electron chi connectivity index (χ1n) is 4.73. The van der Waals surface area contributed by atoms with E-state index in [-0.39, 0.29) is 11.5 Å². The highest BCUT2D eigenvalue weighted by atomic mass is 35.5. The van der Waals surface area contributed by atoms with Crippen LogP contribution < -0.4 is 5.73 Å². The van der Waals surface area contributed by atoms with Crippen molar-refractivity contribution < 1.29 is 4.39 Å². The van der Waals surface area contributed by atoms with Gasteiger partial charge in [-0.25, -0.2) is 14.4 Å². The molecule has 0 saturated heterocycles. The Labute approximate surface area is 107 Å². The number of aromatic nitrogens is 2. The Morgan fingerprint density at radius 3 is 2.24 bits per heavy atom. The summed E-state index contributed by atoms with van der Waals surface area (Å²) in [7, 11) is 0. The molecule has 0 spiro atoms. The summed E-state index contributed by atoms with van der Waals surface area (Å²) >= 11 is 11.7. The molecular formula is C11H8Cl2FN3. The minimum Gasteiger partial charge on any atom is -0.381 e. The molecule has 0 unspecified atom stereocenters. The van der Waals surface area contributed by atoms with Crippen LogP contribution in [0.2, 0.25) is 10.0 Å². The summed E-state index contributed by atoms with van der Waals surface area (Å²) in [5.74, 6) is -0.503. The van der Waals surface area contributed by atoms with Crippen LogP contribution in [0.1, 0.15) is 5.69 Å². The highest BCUT2D eigenvalue weighted by molar-refractivity contribution is 6.35. The van der Waals surface area contributed by atoms with Crippen LogP contribution in [-0.4, -0.2) is 9.97 Å². The second-order valence-electron chi connectivity index (χ2n) is 3.49. The van der Waals surface area contributed by atoms with Crippen LogP contribution in [0.15, 0.2) is 18.2 Å². The molecule has 1 aromatic heterocycles. The lowest BCUT2D eigenvalue weighted by Gasteiger charge is -2.05. The predicted octanol–water partition coefficient (Wildman–Crippen LogP) is 3.48. The molecule has 2 rings (SSSR count). The van der Waals surface area contributed by atoms with Crippen molar-refractivity contribution in [2.75, 3.05) is 5.73 Å². The molecule has 17 heavy (non-hydrogen) atoms. The molecule has 88 valence electrons. The van der Waals surface area contributed by atoms with Gasteiger partial charge in [0.25, 0.3) is 0 Å². The number of aryl methyl sites for hydroxylation is 1. The van der Waals surface area contributed by atoms with Gasteiger partial charge in [-0.3, -0.25) is 0 Å². The monoisotopic (exact) mass is 271 g/mol. The van der Waals surface area contributed by atoms with Crippen LogP contribution in [0.25, 0.3) is 11.4 Å². The Hall–Kier alpha value is -1.39. The maximum Gasteiger partial charge on any atom is 0.186 e. The fourth-order valence-corrected chi connectivity index (χ4v) is 1.92. The summed E-state index contributed by atoms with van der Waals surface area (Å²) < 4.78 is 13.3. The number of hydrogen-bond acceptors (Lipinski definition) is 3. The van der Waals surface area contributed by atoms with E-state index < -0.39 is 5.82 Å². The maximum atomic E-state index is 13.3. The normalized spacial score (nSPS) is 10.6. The van der Waals surface area contributed by atoms with Crippen molar-refractivity contribution in [2.45, 2.75) is 6.92 Å². The Balaban J connectivity index is 2.60. The fourth-order valence-electron chi connectivity index (χ4n) is 1.39. The maximum absolute atomic E-state index is 13.3. The Morgan fingerprint density at radius 1 is 1.12 bits per heavy atom. The topological polar surface area (TPSA) is 51.8 Å². The minimum atomic E-state index is -0.609. The number of rotatable bonds is 1. The van der Waals surface area contributed by atoms with Gasteiger partial charge >= 0.3 is 0 Å². The number of nitrogens with zero attached hydrogens (tertiary/aromatic N) is 2. The van der Waals surface area contributed by atoms with Crippen LogP contribution in [0.4, 0.5) is 10.2 Å². The van der Waals surface area contributed by atoms with Crippen molar-refractivity contribution in [2.24, 2.45) is 0 Å².